The molecule has 1 aliphatic carbocycles. The maximum atomic E-state index is 13.2. The number of thioether (sulfide) groups is 1. The lowest BCUT2D eigenvalue weighted by molar-refractivity contribution is -0.137. The van der Waals surface area contributed by atoms with E-state index in [0.717, 1.165) is 49.1 Å². The maximum Gasteiger partial charge on any atom is 0.418 e. The number of para-hydroxylation sites is 2. The number of halogens is 3. The van der Waals surface area contributed by atoms with Gasteiger partial charge in [0.1, 0.15) is 5.75 Å². The number of hydrogen-bond acceptors (Lipinski definition) is 4. The Morgan fingerprint density at radius 3 is 2.53 bits per heavy atom. The van der Waals surface area contributed by atoms with Crippen molar-refractivity contribution in [2.24, 2.45) is 4.99 Å². The van der Waals surface area contributed by atoms with E-state index >= 15 is 0 Å². The number of amides is 1. The molecule has 0 spiro atoms. The molecule has 2 aromatic rings. The zero-order chi connectivity index (χ0) is 21.1. The smallest absolute Gasteiger partial charge is 0.418 e. The van der Waals surface area contributed by atoms with Gasteiger partial charge in [-0.3, -0.25) is 4.79 Å². The molecule has 2 aromatic carbocycles. The predicted molar refractivity (Wildman–Crippen MR) is 112 cm³/mol. The van der Waals surface area contributed by atoms with Gasteiger partial charge in [0.15, 0.2) is 5.17 Å². The van der Waals surface area contributed by atoms with Crippen LogP contribution in [0.25, 0.3) is 6.08 Å². The van der Waals surface area contributed by atoms with E-state index in [1.807, 2.05) is 24.3 Å². The van der Waals surface area contributed by atoms with Crippen LogP contribution in [0, 0.1) is 0 Å². The number of hydrogen-bond donors (Lipinski definition) is 1. The minimum Gasteiger partial charge on any atom is -0.490 e. The highest BCUT2D eigenvalue weighted by Crippen LogP contribution is 2.38. The molecule has 0 atom stereocenters. The number of alkyl halides is 3. The predicted octanol–water partition coefficient (Wildman–Crippen LogP) is 5.92. The third-order valence-corrected chi connectivity index (χ3v) is 5.79. The third-order valence-electron chi connectivity index (χ3n) is 4.88. The number of amidine groups is 1. The first-order valence-electron chi connectivity index (χ1n) is 9.61. The van der Waals surface area contributed by atoms with E-state index in [2.05, 4.69) is 10.3 Å². The lowest BCUT2D eigenvalue weighted by Gasteiger charge is -2.15. The van der Waals surface area contributed by atoms with Gasteiger partial charge in [-0.2, -0.15) is 13.2 Å². The van der Waals surface area contributed by atoms with Gasteiger partial charge in [-0.1, -0.05) is 30.3 Å². The first-order valence-corrected chi connectivity index (χ1v) is 10.4. The first kappa shape index (κ1) is 20.5. The molecule has 2 aliphatic rings. The largest absolute Gasteiger partial charge is 0.490 e. The van der Waals surface area contributed by atoms with Gasteiger partial charge in [0.05, 0.1) is 22.3 Å². The maximum absolute atomic E-state index is 13.2. The van der Waals surface area contributed by atoms with E-state index < -0.39 is 17.6 Å². The summed E-state index contributed by atoms with van der Waals surface area (Å²) < 4.78 is 45.6. The summed E-state index contributed by atoms with van der Waals surface area (Å²) >= 11 is 1.01. The zero-order valence-corrected chi connectivity index (χ0v) is 16.7. The van der Waals surface area contributed by atoms with Crippen molar-refractivity contribution < 1.29 is 22.7 Å². The molecule has 1 aliphatic heterocycles. The molecular formula is C22H19F3N2O2S. The fourth-order valence-electron chi connectivity index (χ4n) is 3.43. The van der Waals surface area contributed by atoms with E-state index in [1.165, 1.54) is 18.2 Å². The second kappa shape index (κ2) is 8.55. The lowest BCUT2D eigenvalue weighted by atomic mass is 10.1. The van der Waals surface area contributed by atoms with Crippen molar-refractivity contribution >= 4 is 34.6 Å². The molecule has 156 valence electrons. The average molecular weight is 432 g/mol. The number of benzene rings is 2. The zero-order valence-electron chi connectivity index (χ0n) is 15.9. The van der Waals surface area contributed by atoms with Crippen molar-refractivity contribution in [3.63, 3.8) is 0 Å². The van der Waals surface area contributed by atoms with Crippen LogP contribution in [0.3, 0.4) is 0 Å². The van der Waals surface area contributed by atoms with E-state index in [1.54, 1.807) is 6.08 Å². The van der Waals surface area contributed by atoms with Gasteiger partial charge in [0, 0.05) is 5.56 Å². The summed E-state index contributed by atoms with van der Waals surface area (Å²) in [5, 5.41) is 2.65. The highest BCUT2D eigenvalue weighted by Gasteiger charge is 2.34. The quantitative estimate of drug-likeness (QED) is 0.611. The SMILES string of the molecule is O=C1NC(=Nc2ccccc2C(F)(F)F)S/C1=C/c1ccccc1OC1CCCC1. The number of ether oxygens (including phenoxy) is 1. The highest BCUT2D eigenvalue weighted by molar-refractivity contribution is 8.18. The standard InChI is InChI=1S/C22H19F3N2O2S/c23-22(24,25)16-10-4-5-11-17(16)26-21-27-20(28)19(30-21)13-14-7-1-6-12-18(14)29-15-8-2-3-9-15/h1,4-7,10-13,15H,2-3,8-9H2,(H,26,27,28)/b19-13+. The molecule has 1 N–H and O–H groups in total. The molecule has 2 fully saturated rings. The number of carbonyl (C=O) groups is 1. The van der Waals surface area contributed by atoms with Crippen molar-refractivity contribution in [3.8, 4) is 5.75 Å². The van der Waals surface area contributed by atoms with Crippen LogP contribution in [-0.4, -0.2) is 17.2 Å². The Bertz CT molecular complexity index is 1010. The Balaban J connectivity index is 1.58. The molecule has 4 nitrogen and oxygen atoms in total. The summed E-state index contributed by atoms with van der Waals surface area (Å²) in [4.78, 5) is 16.7. The summed E-state index contributed by atoms with van der Waals surface area (Å²) in [6.45, 7) is 0. The van der Waals surface area contributed by atoms with Gasteiger partial charge >= 0.3 is 6.18 Å². The second-order valence-electron chi connectivity index (χ2n) is 7.06. The summed E-state index contributed by atoms with van der Waals surface area (Å²) in [6.07, 6.45) is 1.64. The van der Waals surface area contributed by atoms with Gasteiger partial charge in [-0.25, -0.2) is 4.99 Å². The molecule has 1 amide bonds. The molecule has 1 saturated carbocycles. The van der Waals surface area contributed by atoms with Gasteiger partial charge in [0.2, 0.25) is 0 Å². The Hall–Kier alpha value is -2.74. The number of rotatable bonds is 4. The highest BCUT2D eigenvalue weighted by atomic mass is 32.2. The number of carbonyl (C=O) groups excluding carboxylic acids is 1. The number of nitrogens with zero attached hydrogens (tertiary/aromatic N) is 1. The normalized spacial score (nSPS) is 20.2. The molecule has 0 radical (unpaired) electrons. The minimum absolute atomic E-state index is 0.108. The molecule has 0 unspecified atom stereocenters. The molecule has 30 heavy (non-hydrogen) atoms. The van der Waals surface area contributed by atoms with Crippen LogP contribution >= 0.6 is 11.8 Å². The molecular weight excluding hydrogens is 413 g/mol. The first-order chi connectivity index (χ1) is 14.4. The molecule has 0 aromatic heterocycles. The number of aliphatic imine (C=N–C) groups is 1. The Morgan fingerprint density at radius 1 is 1.07 bits per heavy atom. The van der Waals surface area contributed by atoms with Crippen LogP contribution in [0.1, 0.15) is 36.8 Å². The van der Waals surface area contributed by atoms with E-state index in [0.29, 0.717) is 10.7 Å². The minimum atomic E-state index is -4.52. The lowest BCUT2D eigenvalue weighted by Crippen LogP contribution is -2.19. The van der Waals surface area contributed by atoms with Crippen LogP contribution in [-0.2, 0) is 11.0 Å². The van der Waals surface area contributed by atoms with Crippen LogP contribution in [0.5, 0.6) is 5.75 Å². The summed E-state index contributed by atoms with van der Waals surface area (Å²) in [6, 6.07) is 12.4. The summed E-state index contributed by atoms with van der Waals surface area (Å²) in [5.41, 5.74) is -0.335. The average Bonchev–Trinajstić information content (AvgIpc) is 3.33. The molecule has 0 bridgehead atoms. The Kier molecular flexibility index (Phi) is 5.85. The topological polar surface area (TPSA) is 50.7 Å². The van der Waals surface area contributed by atoms with Crippen molar-refractivity contribution in [1.29, 1.82) is 0 Å². The van der Waals surface area contributed by atoms with E-state index in [-0.39, 0.29) is 17.0 Å². The van der Waals surface area contributed by atoms with Crippen molar-refractivity contribution in [2.75, 3.05) is 0 Å². The summed E-state index contributed by atoms with van der Waals surface area (Å²) in [7, 11) is 0. The van der Waals surface area contributed by atoms with E-state index in [4.69, 9.17) is 4.74 Å². The molecule has 8 heteroatoms. The fraction of sp³-hybridized carbons (Fsp3) is 0.273. The van der Waals surface area contributed by atoms with Crippen LogP contribution in [0.4, 0.5) is 18.9 Å². The van der Waals surface area contributed by atoms with Crippen molar-refractivity contribution in [1.82, 2.24) is 5.32 Å². The molecule has 1 heterocycles. The van der Waals surface area contributed by atoms with Gasteiger partial charge in [-0.15, -0.1) is 0 Å². The third kappa shape index (κ3) is 4.70. The van der Waals surface area contributed by atoms with Gasteiger partial charge < -0.3 is 10.1 Å². The molecule has 4 rings (SSSR count). The van der Waals surface area contributed by atoms with Crippen molar-refractivity contribution in [3.05, 3.63) is 64.6 Å². The monoisotopic (exact) mass is 432 g/mol. The fourth-order valence-corrected chi connectivity index (χ4v) is 4.26. The van der Waals surface area contributed by atoms with Crippen LogP contribution < -0.4 is 10.1 Å². The number of nitrogens with one attached hydrogen (secondary N) is 1. The van der Waals surface area contributed by atoms with Crippen LogP contribution in [0.2, 0.25) is 0 Å². The molecule has 1 saturated heterocycles. The van der Waals surface area contributed by atoms with Gasteiger partial charge in [-0.05, 0) is 61.7 Å². The van der Waals surface area contributed by atoms with E-state index in [9.17, 15) is 18.0 Å². The Morgan fingerprint density at radius 2 is 1.77 bits per heavy atom. The van der Waals surface area contributed by atoms with Crippen LogP contribution in [0.15, 0.2) is 58.4 Å². The second-order valence-corrected chi connectivity index (χ2v) is 8.09. The Labute approximate surface area is 176 Å². The van der Waals surface area contributed by atoms with Crippen molar-refractivity contribution in [2.45, 2.75) is 38.0 Å². The van der Waals surface area contributed by atoms with Gasteiger partial charge in [0.25, 0.3) is 5.91 Å². The summed E-state index contributed by atoms with van der Waals surface area (Å²) in [5.74, 6) is 0.289.